The van der Waals surface area contributed by atoms with Crippen molar-refractivity contribution in [2.24, 2.45) is 5.73 Å². The van der Waals surface area contributed by atoms with Gasteiger partial charge < -0.3 is 10.8 Å². The molecule has 0 fully saturated rings. The van der Waals surface area contributed by atoms with E-state index in [4.69, 9.17) is 28.9 Å². The number of rotatable bonds is 7. The van der Waals surface area contributed by atoms with E-state index in [9.17, 15) is 9.90 Å². The highest BCUT2D eigenvalue weighted by molar-refractivity contribution is 9.09. The van der Waals surface area contributed by atoms with Gasteiger partial charge in [0.25, 0.3) is 0 Å². The molecule has 3 atom stereocenters. The number of hydrogen-bond donors (Lipinski definition) is 2. The second-order valence-corrected chi connectivity index (χ2v) is 7.72. The molecule has 0 amide bonds. The van der Waals surface area contributed by atoms with Crippen LogP contribution in [0.2, 0.25) is 10.0 Å². The average molecular weight is 431 g/mol. The van der Waals surface area contributed by atoms with Crippen molar-refractivity contribution >= 4 is 45.1 Å². The van der Waals surface area contributed by atoms with Gasteiger partial charge in [0.1, 0.15) is 0 Å². The summed E-state index contributed by atoms with van der Waals surface area (Å²) in [7, 11) is 0. The van der Waals surface area contributed by atoms with Crippen LogP contribution in [0, 0.1) is 0 Å². The molecule has 0 aliphatic heterocycles. The highest BCUT2D eigenvalue weighted by Crippen LogP contribution is 2.37. The van der Waals surface area contributed by atoms with Crippen LogP contribution in [0.3, 0.4) is 0 Å². The Morgan fingerprint density at radius 3 is 2.17 bits per heavy atom. The van der Waals surface area contributed by atoms with Crippen LogP contribution in [-0.2, 0) is 4.79 Å². The van der Waals surface area contributed by atoms with Crippen molar-refractivity contribution in [3.05, 3.63) is 69.7 Å². The Hall–Kier alpha value is -1.07. The third kappa shape index (κ3) is 4.96. The Morgan fingerprint density at radius 1 is 1.04 bits per heavy atom. The van der Waals surface area contributed by atoms with E-state index >= 15 is 0 Å². The summed E-state index contributed by atoms with van der Waals surface area (Å²) < 4.78 is 0. The van der Waals surface area contributed by atoms with Gasteiger partial charge in [-0.3, -0.25) is 4.79 Å². The van der Waals surface area contributed by atoms with Gasteiger partial charge in [0.15, 0.2) is 0 Å². The first-order valence-electron chi connectivity index (χ1n) is 7.51. The molecule has 0 heterocycles. The lowest BCUT2D eigenvalue weighted by atomic mass is 9.91. The van der Waals surface area contributed by atoms with E-state index in [2.05, 4.69) is 15.9 Å². The summed E-state index contributed by atoms with van der Waals surface area (Å²) in [5.41, 5.74) is 7.68. The van der Waals surface area contributed by atoms with E-state index in [1.165, 1.54) is 0 Å². The number of benzene rings is 2. The van der Waals surface area contributed by atoms with E-state index in [1.54, 1.807) is 18.2 Å². The number of nitrogens with two attached hydrogens (primary N) is 1. The lowest BCUT2D eigenvalue weighted by molar-refractivity contribution is -0.139. The third-order valence-electron chi connectivity index (χ3n) is 3.88. The van der Waals surface area contributed by atoms with Gasteiger partial charge in [0.05, 0.1) is 5.92 Å². The molecule has 3 unspecified atom stereocenters. The van der Waals surface area contributed by atoms with Gasteiger partial charge in [-0.2, -0.15) is 0 Å². The molecule has 0 aliphatic carbocycles. The number of alkyl halides is 1. The Balaban J connectivity index is 2.12. The zero-order chi connectivity index (χ0) is 17.7. The minimum atomic E-state index is -0.956. The van der Waals surface area contributed by atoms with Crippen LogP contribution in [0.25, 0.3) is 0 Å². The zero-order valence-electron chi connectivity index (χ0n) is 12.8. The molecule has 24 heavy (non-hydrogen) atoms. The molecule has 2 rings (SSSR count). The fraction of sp³-hybridized carbons (Fsp3) is 0.278. The van der Waals surface area contributed by atoms with Gasteiger partial charge in [-0.1, -0.05) is 75.5 Å². The smallest absolute Gasteiger partial charge is 0.311 e. The Kier molecular flexibility index (Phi) is 7.11. The van der Waals surface area contributed by atoms with Crippen LogP contribution in [0.1, 0.15) is 35.9 Å². The molecule has 2 aromatic carbocycles. The number of carbonyl (C=O) groups is 1. The van der Waals surface area contributed by atoms with Crippen molar-refractivity contribution in [1.82, 2.24) is 0 Å². The summed E-state index contributed by atoms with van der Waals surface area (Å²) in [4.78, 5) is 11.6. The van der Waals surface area contributed by atoms with Gasteiger partial charge in [-0.05, 0) is 30.5 Å². The minimum absolute atomic E-state index is 0.0823. The molecular weight excluding hydrogens is 413 g/mol. The monoisotopic (exact) mass is 429 g/mol. The number of carboxylic acid groups (broad SMARTS) is 1. The van der Waals surface area contributed by atoms with E-state index < -0.39 is 11.9 Å². The predicted molar refractivity (Wildman–Crippen MR) is 102 cm³/mol. The van der Waals surface area contributed by atoms with Crippen molar-refractivity contribution in [1.29, 1.82) is 0 Å². The normalized spacial score (nSPS) is 14.8. The molecule has 128 valence electrons. The Bertz CT molecular complexity index is 676. The molecule has 0 aromatic heterocycles. The van der Waals surface area contributed by atoms with Crippen LogP contribution in [0.15, 0.2) is 48.5 Å². The summed E-state index contributed by atoms with van der Waals surface area (Å²) in [6.07, 6.45) is 0.954. The molecule has 0 saturated heterocycles. The SMILES string of the molecule is NC(CC(Br)CC(C(=O)O)c1c(Cl)cccc1Cl)c1ccccc1. The topological polar surface area (TPSA) is 63.3 Å². The van der Waals surface area contributed by atoms with Crippen LogP contribution in [-0.4, -0.2) is 15.9 Å². The minimum Gasteiger partial charge on any atom is -0.481 e. The maximum absolute atomic E-state index is 11.7. The lowest BCUT2D eigenvalue weighted by Crippen LogP contribution is -2.21. The highest BCUT2D eigenvalue weighted by atomic mass is 79.9. The van der Waals surface area contributed by atoms with E-state index in [1.807, 2.05) is 30.3 Å². The van der Waals surface area contributed by atoms with Gasteiger partial charge in [0, 0.05) is 26.5 Å². The molecule has 3 N–H and O–H groups in total. The van der Waals surface area contributed by atoms with Crippen LogP contribution in [0.4, 0.5) is 0 Å². The summed E-state index contributed by atoms with van der Waals surface area (Å²) in [5, 5.41) is 10.3. The van der Waals surface area contributed by atoms with Crippen LogP contribution >= 0.6 is 39.1 Å². The standard InChI is InChI=1S/C18H18BrCl2NO2/c19-12(10-16(22)11-5-2-1-3-6-11)9-13(18(23)24)17-14(20)7-4-8-15(17)21/h1-8,12-13,16H,9-10,22H2,(H,23,24). The first-order chi connectivity index (χ1) is 11.4. The predicted octanol–water partition coefficient (Wildman–Crippen LogP) is 5.41. The molecule has 0 aliphatic rings. The van der Waals surface area contributed by atoms with Crippen LogP contribution < -0.4 is 5.73 Å². The van der Waals surface area contributed by atoms with E-state index in [0.29, 0.717) is 28.5 Å². The molecule has 3 nitrogen and oxygen atoms in total. The number of aliphatic carboxylic acids is 1. The van der Waals surface area contributed by atoms with Gasteiger partial charge in [-0.25, -0.2) is 0 Å². The maximum atomic E-state index is 11.7. The third-order valence-corrected chi connectivity index (χ3v) is 5.28. The molecule has 0 saturated carbocycles. The zero-order valence-corrected chi connectivity index (χ0v) is 15.9. The van der Waals surface area contributed by atoms with E-state index in [-0.39, 0.29) is 10.9 Å². The van der Waals surface area contributed by atoms with Crippen molar-refractivity contribution in [2.45, 2.75) is 29.6 Å². The van der Waals surface area contributed by atoms with E-state index in [0.717, 1.165) is 5.56 Å². The van der Waals surface area contributed by atoms with Crippen LogP contribution in [0.5, 0.6) is 0 Å². The fourth-order valence-electron chi connectivity index (χ4n) is 2.65. The van der Waals surface area contributed by atoms with Gasteiger partial charge >= 0.3 is 5.97 Å². The second kappa shape index (κ2) is 8.86. The van der Waals surface area contributed by atoms with Crippen molar-refractivity contribution in [3.63, 3.8) is 0 Å². The molecule has 2 aromatic rings. The lowest BCUT2D eigenvalue weighted by Gasteiger charge is -2.21. The molecule has 0 spiro atoms. The maximum Gasteiger partial charge on any atom is 0.311 e. The molecular formula is C18H18BrCl2NO2. The molecule has 6 heteroatoms. The Labute approximate surface area is 159 Å². The highest BCUT2D eigenvalue weighted by Gasteiger charge is 2.28. The second-order valence-electron chi connectivity index (χ2n) is 5.61. The van der Waals surface area contributed by atoms with Gasteiger partial charge in [0.2, 0.25) is 0 Å². The summed E-state index contributed by atoms with van der Waals surface area (Å²) in [5.74, 6) is -1.75. The number of carboxylic acids is 1. The average Bonchev–Trinajstić information content (AvgIpc) is 2.54. The van der Waals surface area contributed by atoms with Crippen molar-refractivity contribution in [3.8, 4) is 0 Å². The first kappa shape index (κ1) is 19.3. The first-order valence-corrected chi connectivity index (χ1v) is 9.18. The Morgan fingerprint density at radius 2 is 1.62 bits per heavy atom. The fourth-order valence-corrected chi connectivity index (χ4v) is 4.09. The summed E-state index contributed by atoms with van der Waals surface area (Å²) >= 11 is 15.9. The largest absolute Gasteiger partial charge is 0.481 e. The van der Waals surface area contributed by atoms with Crippen molar-refractivity contribution < 1.29 is 9.90 Å². The molecule has 0 bridgehead atoms. The summed E-state index contributed by atoms with van der Waals surface area (Å²) in [6, 6.07) is 14.5. The van der Waals surface area contributed by atoms with Crippen molar-refractivity contribution in [2.75, 3.05) is 0 Å². The quantitative estimate of drug-likeness (QED) is 0.577. The number of halogens is 3. The van der Waals surface area contributed by atoms with Gasteiger partial charge in [-0.15, -0.1) is 0 Å². The summed E-state index contributed by atoms with van der Waals surface area (Å²) in [6.45, 7) is 0. The molecule has 0 radical (unpaired) electrons. The number of hydrogen-bond acceptors (Lipinski definition) is 2.